The molecule has 3 aromatic heterocycles. The van der Waals surface area contributed by atoms with Gasteiger partial charge in [0.2, 0.25) is 0 Å². The molecule has 10 nitrogen and oxygen atoms in total. The number of ether oxygens (including phenoxy) is 1. The first-order chi connectivity index (χ1) is 18.0. The maximum atomic E-state index is 10.9. The van der Waals surface area contributed by atoms with Gasteiger partial charge in [0.25, 0.3) is 0 Å². The molecule has 0 bridgehead atoms. The molecule has 4 N–H and O–H groups in total. The van der Waals surface area contributed by atoms with Crippen molar-refractivity contribution in [3.63, 3.8) is 0 Å². The summed E-state index contributed by atoms with van der Waals surface area (Å²) in [5.41, 5.74) is 10.3. The maximum absolute atomic E-state index is 10.9. The zero-order valence-corrected chi connectivity index (χ0v) is 21.1. The van der Waals surface area contributed by atoms with Gasteiger partial charge in [0.05, 0.1) is 23.3 Å². The van der Waals surface area contributed by atoms with E-state index in [2.05, 4.69) is 21.2 Å². The summed E-state index contributed by atoms with van der Waals surface area (Å²) in [6, 6.07) is 12.0. The number of anilines is 1. The minimum atomic E-state index is -1.15. The number of nitrogen functional groups attached to an aromatic ring is 1. The van der Waals surface area contributed by atoms with Gasteiger partial charge in [0.15, 0.2) is 12.0 Å². The topological polar surface area (TPSA) is 156 Å². The predicted octanol–water partition coefficient (Wildman–Crippen LogP) is 3.38. The first-order valence-electron chi connectivity index (χ1n) is 12.1. The van der Waals surface area contributed by atoms with E-state index in [9.17, 15) is 10.2 Å². The molecular weight excluding hydrogens is 492 g/mol. The fraction of sp³-hybridized carbons (Fsp3) is 0.385. The molecule has 0 spiro atoms. The molecule has 1 aliphatic rings. The Morgan fingerprint density at radius 1 is 1.19 bits per heavy atom. The standard InChI is InChI=1S/C26H28N6O4S/c1-15-18(23(36-31-15)16-7-3-2-4-8-16)12-37-13-19-21(33)22(34)26(35-19)32-11-17(9-5-6-10-27)20-24(28)29-14-30-25(20)32/h2-4,7-8,11,14,19,21-22,26,33-34H,5-6,9,12-13H2,1H3,(H2,28,29,30)/t19-,21-,22-,26-/m1/s1. The third-order valence-corrected chi connectivity index (χ3v) is 7.67. The zero-order chi connectivity index (χ0) is 25.9. The van der Waals surface area contributed by atoms with Gasteiger partial charge in [-0.3, -0.25) is 0 Å². The van der Waals surface area contributed by atoms with E-state index in [0.29, 0.717) is 47.6 Å². The van der Waals surface area contributed by atoms with Crippen LogP contribution in [0.25, 0.3) is 22.4 Å². The van der Waals surface area contributed by atoms with Crippen molar-refractivity contribution in [3.05, 3.63) is 59.7 Å². The molecule has 5 rings (SSSR count). The Morgan fingerprint density at radius 3 is 2.78 bits per heavy atom. The quantitative estimate of drug-likeness (QED) is 0.280. The number of unbranched alkanes of at least 4 members (excludes halogenated alkanes) is 1. The van der Waals surface area contributed by atoms with Gasteiger partial charge in [0, 0.05) is 35.3 Å². The van der Waals surface area contributed by atoms with Gasteiger partial charge in [-0.25, -0.2) is 9.97 Å². The first kappa shape index (κ1) is 25.2. The van der Waals surface area contributed by atoms with Crippen LogP contribution < -0.4 is 5.73 Å². The summed E-state index contributed by atoms with van der Waals surface area (Å²) < 4.78 is 13.5. The lowest BCUT2D eigenvalue weighted by Crippen LogP contribution is -2.32. The van der Waals surface area contributed by atoms with Gasteiger partial charge < -0.3 is 29.8 Å². The van der Waals surface area contributed by atoms with Crippen LogP contribution in [-0.4, -0.2) is 54.0 Å². The molecule has 1 aromatic carbocycles. The van der Waals surface area contributed by atoms with E-state index >= 15 is 0 Å². The van der Waals surface area contributed by atoms with E-state index < -0.39 is 24.5 Å². The molecule has 0 unspecified atom stereocenters. The van der Waals surface area contributed by atoms with Crippen LogP contribution in [0.2, 0.25) is 0 Å². The van der Waals surface area contributed by atoms with E-state index in [0.717, 1.165) is 28.1 Å². The van der Waals surface area contributed by atoms with Crippen LogP contribution in [-0.2, 0) is 16.9 Å². The number of aryl methyl sites for hydroxylation is 2. The number of nitrogens with zero attached hydrogens (tertiary/aromatic N) is 5. The summed E-state index contributed by atoms with van der Waals surface area (Å²) in [5.74, 6) is 2.14. The number of fused-ring (bicyclic) bond motifs is 1. The molecule has 0 aliphatic carbocycles. The molecule has 0 saturated carbocycles. The molecule has 4 heterocycles. The van der Waals surface area contributed by atoms with Crippen molar-refractivity contribution in [2.24, 2.45) is 0 Å². The number of benzene rings is 1. The molecule has 1 fully saturated rings. The molecule has 4 aromatic rings. The smallest absolute Gasteiger partial charge is 0.171 e. The Morgan fingerprint density at radius 2 is 2.00 bits per heavy atom. The van der Waals surface area contributed by atoms with Crippen molar-refractivity contribution < 1.29 is 19.5 Å². The lowest BCUT2D eigenvalue weighted by Gasteiger charge is -2.17. The molecular formula is C26H28N6O4S. The fourth-order valence-corrected chi connectivity index (χ4v) is 5.85. The number of hydrogen-bond acceptors (Lipinski definition) is 10. The lowest BCUT2D eigenvalue weighted by molar-refractivity contribution is -0.0286. The third kappa shape index (κ3) is 4.93. The molecule has 1 saturated heterocycles. The highest BCUT2D eigenvalue weighted by molar-refractivity contribution is 7.98. The Labute approximate surface area is 218 Å². The molecule has 0 radical (unpaired) electrons. The summed E-state index contributed by atoms with van der Waals surface area (Å²) in [7, 11) is 0. The maximum Gasteiger partial charge on any atom is 0.171 e. The first-order valence-corrected chi connectivity index (χ1v) is 13.2. The third-order valence-electron chi connectivity index (χ3n) is 6.61. The van der Waals surface area contributed by atoms with E-state index in [1.165, 1.54) is 6.33 Å². The van der Waals surface area contributed by atoms with Crippen molar-refractivity contribution in [2.45, 2.75) is 56.5 Å². The average Bonchev–Trinajstić information content (AvgIpc) is 3.55. The summed E-state index contributed by atoms with van der Waals surface area (Å²) in [4.78, 5) is 8.48. The highest BCUT2D eigenvalue weighted by atomic mass is 32.2. The van der Waals surface area contributed by atoms with E-state index in [4.69, 9.17) is 20.3 Å². The van der Waals surface area contributed by atoms with Crippen LogP contribution in [0.5, 0.6) is 0 Å². The predicted molar refractivity (Wildman–Crippen MR) is 139 cm³/mol. The number of hydrogen-bond donors (Lipinski definition) is 3. The zero-order valence-electron chi connectivity index (χ0n) is 20.3. The second kappa shape index (κ2) is 10.9. The van der Waals surface area contributed by atoms with Crippen molar-refractivity contribution >= 4 is 28.6 Å². The number of rotatable bonds is 9. The molecule has 192 valence electrons. The number of aromatic nitrogens is 4. The summed E-state index contributed by atoms with van der Waals surface area (Å²) in [6.45, 7) is 1.91. The number of thioether (sulfide) groups is 1. The van der Waals surface area contributed by atoms with Crippen LogP contribution in [0.3, 0.4) is 0 Å². The highest BCUT2D eigenvalue weighted by Gasteiger charge is 2.44. The van der Waals surface area contributed by atoms with E-state index in [1.807, 2.05) is 43.5 Å². The van der Waals surface area contributed by atoms with Crippen LogP contribution >= 0.6 is 11.8 Å². The van der Waals surface area contributed by atoms with Gasteiger partial charge in [-0.2, -0.15) is 17.0 Å². The van der Waals surface area contributed by atoms with Crippen molar-refractivity contribution in [1.82, 2.24) is 19.7 Å². The normalized spacial score (nSPS) is 21.5. The molecule has 1 aliphatic heterocycles. The van der Waals surface area contributed by atoms with E-state index in [1.54, 1.807) is 16.3 Å². The average molecular weight is 521 g/mol. The van der Waals surface area contributed by atoms with Gasteiger partial charge in [-0.1, -0.05) is 35.5 Å². The summed E-state index contributed by atoms with van der Waals surface area (Å²) in [6.07, 6.45) is 1.23. The summed E-state index contributed by atoms with van der Waals surface area (Å²) >= 11 is 1.58. The Bertz CT molecular complexity index is 1420. The number of nitriles is 1. The molecule has 11 heteroatoms. The second-order valence-electron chi connectivity index (χ2n) is 9.03. The number of aliphatic hydroxyl groups excluding tert-OH is 2. The van der Waals surface area contributed by atoms with Crippen LogP contribution in [0.15, 0.2) is 47.4 Å². The fourth-order valence-electron chi connectivity index (χ4n) is 4.68. The lowest BCUT2D eigenvalue weighted by atomic mass is 10.1. The van der Waals surface area contributed by atoms with Gasteiger partial charge in [-0.05, 0) is 25.3 Å². The van der Waals surface area contributed by atoms with Crippen molar-refractivity contribution in [2.75, 3.05) is 11.5 Å². The van der Waals surface area contributed by atoms with E-state index in [-0.39, 0.29) is 0 Å². The minimum Gasteiger partial charge on any atom is -0.387 e. The molecule has 0 amide bonds. The molecule has 37 heavy (non-hydrogen) atoms. The Kier molecular flexibility index (Phi) is 7.43. The Hall–Kier alpha value is -3.43. The van der Waals surface area contributed by atoms with Crippen LogP contribution in [0, 0.1) is 18.3 Å². The van der Waals surface area contributed by atoms with Crippen LogP contribution in [0.4, 0.5) is 5.82 Å². The van der Waals surface area contributed by atoms with Gasteiger partial charge >= 0.3 is 0 Å². The SMILES string of the molecule is Cc1noc(-c2ccccc2)c1CSC[C@H]1O[C@@H](n2cc(CCCC#N)c3c(N)ncnc32)[C@H](O)[C@@H]1O. The number of aliphatic hydroxyl groups is 2. The molecule has 4 atom stereocenters. The summed E-state index contributed by atoms with van der Waals surface area (Å²) in [5, 5.41) is 35.4. The van der Waals surface area contributed by atoms with Crippen molar-refractivity contribution in [1.29, 1.82) is 5.26 Å². The number of nitrogens with two attached hydrogens (primary N) is 1. The Balaban J connectivity index is 1.31. The minimum absolute atomic E-state index is 0.328. The van der Waals surface area contributed by atoms with Crippen molar-refractivity contribution in [3.8, 4) is 17.4 Å². The largest absolute Gasteiger partial charge is 0.387 e. The highest BCUT2D eigenvalue weighted by Crippen LogP contribution is 2.37. The monoisotopic (exact) mass is 520 g/mol. The van der Waals surface area contributed by atoms with Crippen LogP contribution in [0.1, 0.15) is 35.9 Å². The van der Waals surface area contributed by atoms with Gasteiger partial charge in [-0.15, -0.1) is 0 Å². The second-order valence-corrected chi connectivity index (χ2v) is 10.1. The van der Waals surface area contributed by atoms with Gasteiger partial charge in [0.1, 0.15) is 30.0 Å².